The van der Waals surface area contributed by atoms with Crippen LogP contribution in [-0.2, 0) is 0 Å². The molecule has 0 saturated heterocycles. The van der Waals surface area contributed by atoms with Crippen LogP contribution in [0, 0.1) is 6.92 Å². The van der Waals surface area contributed by atoms with Gasteiger partial charge < -0.3 is 9.84 Å². The summed E-state index contributed by atoms with van der Waals surface area (Å²) in [5.74, 6) is -0.910. The Hall–Kier alpha value is -3.45. The monoisotopic (exact) mass is 452 g/mol. The number of hydrazone groups is 1. The molecule has 0 aromatic heterocycles. The Morgan fingerprint density at radius 1 is 1.07 bits per heavy atom. The number of nitrogens with one attached hydrogen (secondary N) is 1. The maximum atomic E-state index is 12.4. The molecule has 6 nitrogen and oxygen atoms in total. The summed E-state index contributed by atoms with van der Waals surface area (Å²) < 4.78 is 6.25. The van der Waals surface area contributed by atoms with E-state index in [1.54, 1.807) is 48.5 Å². The molecule has 0 aliphatic heterocycles. The maximum Gasteiger partial charge on any atom is 0.343 e. The van der Waals surface area contributed by atoms with Crippen molar-refractivity contribution in [3.05, 3.63) is 93.5 Å². The van der Waals surface area contributed by atoms with Crippen LogP contribution >= 0.6 is 15.9 Å². The SMILES string of the molecule is Cc1cccc(C(=O)Oc2ccc(Br)cc2/C=N\NC(=O)c2ccccc2O)c1. The van der Waals surface area contributed by atoms with Gasteiger partial charge in [0.1, 0.15) is 11.5 Å². The fourth-order valence-corrected chi connectivity index (χ4v) is 2.91. The average molecular weight is 453 g/mol. The van der Waals surface area contributed by atoms with Crippen LogP contribution < -0.4 is 10.2 Å². The number of halogens is 1. The molecule has 29 heavy (non-hydrogen) atoms. The van der Waals surface area contributed by atoms with E-state index in [2.05, 4.69) is 26.5 Å². The van der Waals surface area contributed by atoms with Crippen LogP contribution in [0.5, 0.6) is 11.5 Å². The lowest BCUT2D eigenvalue weighted by atomic mass is 10.1. The summed E-state index contributed by atoms with van der Waals surface area (Å²) in [6.07, 6.45) is 1.36. The number of hydrogen-bond donors (Lipinski definition) is 2. The van der Waals surface area contributed by atoms with Gasteiger partial charge in [-0.3, -0.25) is 4.79 Å². The van der Waals surface area contributed by atoms with Crippen LogP contribution in [0.1, 0.15) is 31.8 Å². The number of nitrogens with zero attached hydrogens (tertiary/aromatic N) is 1. The van der Waals surface area contributed by atoms with Crippen molar-refractivity contribution < 1.29 is 19.4 Å². The molecule has 0 heterocycles. The van der Waals surface area contributed by atoms with E-state index in [9.17, 15) is 14.7 Å². The van der Waals surface area contributed by atoms with Gasteiger partial charge in [0.05, 0.1) is 17.3 Å². The summed E-state index contributed by atoms with van der Waals surface area (Å²) in [5, 5.41) is 13.6. The number of rotatable bonds is 5. The predicted molar refractivity (Wildman–Crippen MR) is 113 cm³/mol. The number of ether oxygens (including phenoxy) is 1. The number of para-hydroxylation sites is 1. The van der Waals surface area contributed by atoms with Gasteiger partial charge >= 0.3 is 5.97 Å². The summed E-state index contributed by atoms with van der Waals surface area (Å²) in [4.78, 5) is 24.6. The number of carbonyl (C=O) groups is 2. The molecule has 0 aliphatic rings. The van der Waals surface area contributed by atoms with Crippen molar-refractivity contribution in [3.63, 3.8) is 0 Å². The van der Waals surface area contributed by atoms with Gasteiger partial charge in [-0.2, -0.15) is 5.10 Å². The van der Waals surface area contributed by atoms with Crippen molar-refractivity contribution in [3.8, 4) is 11.5 Å². The number of aromatic hydroxyl groups is 1. The van der Waals surface area contributed by atoms with Crippen LogP contribution in [-0.4, -0.2) is 23.2 Å². The molecule has 3 aromatic carbocycles. The van der Waals surface area contributed by atoms with Crippen molar-refractivity contribution in [1.82, 2.24) is 5.43 Å². The summed E-state index contributed by atoms with van der Waals surface area (Å²) in [5.41, 5.74) is 4.31. The van der Waals surface area contributed by atoms with Gasteiger partial charge in [0, 0.05) is 10.0 Å². The third-order valence-corrected chi connectivity index (χ3v) is 4.44. The number of phenolic OH excluding ortho intramolecular Hbond substituents is 1. The predicted octanol–water partition coefficient (Wildman–Crippen LogP) is 4.45. The summed E-state index contributed by atoms with van der Waals surface area (Å²) in [6, 6.07) is 18.3. The topological polar surface area (TPSA) is 88.0 Å². The van der Waals surface area contributed by atoms with Crippen LogP contribution in [0.3, 0.4) is 0 Å². The van der Waals surface area contributed by atoms with Crippen LogP contribution in [0.2, 0.25) is 0 Å². The Morgan fingerprint density at radius 3 is 2.62 bits per heavy atom. The van der Waals surface area contributed by atoms with E-state index in [-0.39, 0.29) is 11.3 Å². The van der Waals surface area contributed by atoms with E-state index in [0.717, 1.165) is 10.0 Å². The van der Waals surface area contributed by atoms with E-state index < -0.39 is 11.9 Å². The van der Waals surface area contributed by atoms with Gasteiger partial charge in [0.15, 0.2) is 0 Å². The molecular formula is C22H17BrN2O4. The van der Waals surface area contributed by atoms with E-state index in [1.165, 1.54) is 18.3 Å². The zero-order valence-corrected chi connectivity index (χ0v) is 17.0. The smallest absolute Gasteiger partial charge is 0.343 e. The highest BCUT2D eigenvalue weighted by atomic mass is 79.9. The highest BCUT2D eigenvalue weighted by Crippen LogP contribution is 2.23. The molecular weight excluding hydrogens is 436 g/mol. The quantitative estimate of drug-likeness (QED) is 0.259. The first-order valence-electron chi connectivity index (χ1n) is 8.64. The first-order chi connectivity index (χ1) is 13.9. The number of esters is 1. The Bertz CT molecular complexity index is 1100. The standard InChI is InChI=1S/C22H17BrN2O4/c1-14-5-4-6-15(11-14)22(28)29-20-10-9-17(23)12-16(20)13-24-25-21(27)18-7-2-3-8-19(18)26/h2-13,26H,1H3,(H,25,27)/b24-13-. The van der Waals surface area contributed by atoms with Crippen LogP contribution in [0.15, 0.2) is 76.3 Å². The average Bonchev–Trinajstić information content (AvgIpc) is 2.70. The molecule has 146 valence electrons. The van der Waals surface area contributed by atoms with Gasteiger partial charge in [-0.05, 0) is 49.4 Å². The second-order valence-corrected chi connectivity index (χ2v) is 7.07. The van der Waals surface area contributed by atoms with Crippen LogP contribution in [0.25, 0.3) is 0 Å². The second kappa shape index (κ2) is 9.16. The lowest BCUT2D eigenvalue weighted by molar-refractivity contribution is 0.0734. The summed E-state index contributed by atoms with van der Waals surface area (Å²) in [7, 11) is 0. The van der Waals surface area contributed by atoms with Gasteiger partial charge in [0.25, 0.3) is 5.91 Å². The Kier molecular flexibility index (Phi) is 6.41. The Balaban J connectivity index is 1.76. The largest absolute Gasteiger partial charge is 0.507 e. The number of amides is 1. The minimum Gasteiger partial charge on any atom is -0.507 e. The minimum atomic E-state index is -0.562. The molecule has 2 N–H and O–H groups in total. The molecule has 0 bridgehead atoms. The fraction of sp³-hybridized carbons (Fsp3) is 0.0455. The number of phenols is 1. The molecule has 0 atom stereocenters. The van der Waals surface area contributed by atoms with Gasteiger partial charge in [-0.1, -0.05) is 45.8 Å². The third kappa shape index (κ3) is 5.30. The summed E-state index contributed by atoms with van der Waals surface area (Å²) >= 11 is 3.36. The Labute approximate surface area is 176 Å². The minimum absolute atomic E-state index is 0.102. The molecule has 3 aromatic rings. The molecule has 0 unspecified atom stereocenters. The molecule has 3 rings (SSSR count). The van der Waals surface area contributed by atoms with Crippen molar-refractivity contribution in [2.24, 2.45) is 5.10 Å². The van der Waals surface area contributed by atoms with Crippen molar-refractivity contribution in [2.75, 3.05) is 0 Å². The fourth-order valence-electron chi connectivity index (χ4n) is 2.53. The zero-order valence-electron chi connectivity index (χ0n) is 15.4. The van der Waals surface area contributed by atoms with Crippen molar-refractivity contribution in [1.29, 1.82) is 0 Å². The number of benzene rings is 3. The molecule has 0 aliphatic carbocycles. The number of hydrogen-bond acceptors (Lipinski definition) is 5. The Morgan fingerprint density at radius 2 is 1.86 bits per heavy atom. The second-order valence-electron chi connectivity index (χ2n) is 6.16. The maximum absolute atomic E-state index is 12.4. The highest BCUT2D eigenvalue weighted by molar-refractivity contribution is 9.10. The lowest BCUT2D eigenvalue weighted by Crippen LogP contribution is -2.17. The number of carbonyl (C=O) groups excluding carboxylic acids is 2. The van der Waals surface area contributed by atoms with E-state index in [4.69, 9.17) is 4.74 Å². The van der Waals surface area contributed by atoms with Gasteiger partial charge in [0.2, 0.25) is 0 Å². The van der Waals surface area contributed by atoms with E-state index in [0.29, 0.717) is 16.9 Å². The normalized spacial score (nSPS) is 10.7. The van der Waals surface area contributed by atoms with Crippen molar-refractivity contribution >= 4 is 34.0 Å². The molecule has 0 radical (unpaired) electrons. The molecule has 1 amide bonds. The first kappa shape index (κ1) is 20.3. The van der Waals surface area contributed by atoms with Gasteiger partial charge in [-0.25, -0.2) is 10.2 Å². The zero-order chi connectivity index (χ0) is 20.8. The molecule has 0 saturated carbocycles. The molecule has 0 spiro atoms. The number of aryl methyl sites for hydroxylation is 1. The molecule has 0 fully saturated rings. The highest BCUT2D eigenvalue weighted by Gasteiger charge is 2.12. The molecule has 7 heteroatoms. The van der Waals surface area contributed by atoms with Gasteiger partial charge in [-0.15, -0.1) is 0 Å². The third-order valence-electron chi connectivity index (χ3n) is 3.95. The van der Waals surface area contributed by atoms with Crippen molar-refractivity contribution in [2.45, 2.75) is 6.92 Å². The van der Waals surface area contributed by atoms with E-state index >= 15 is 0 Å². The first-order valence-corrected chi connectivity index (χ1v) is 9.43. The lowest BCUT2D eigenvalue weighted by Gasteiger charge is -2.08. The summed E-state index contributed by atoms with van der Waals surface area (Å²) in [6.45, 7) is 1.89. The van der Waals surface area contributed by atoms with Crippen LogP contribution in [0.4, 0.5) is 0 Å². The van der Waals surface area contributed by atoms with E-state index in [1.807, 2.05) is 13.0 Å².